The standard InChI is InChI=1S/C19H15ClF3N3O/c1-11-7-13(3-5-16(11)20)18(27)25-14-4-6-17(15(8-14)19(21,22)23)26-9-12(2)24-10-26/h3-10H,1-2H3,(H,25,27). The van der Waals surface area contributed by atoms with Gasteiger partial charge in [-0.1, -0.05) is 11.6 Å². The summed E-state index contributed by atoms with van der Waals surface area (Å²) < 4.78 is 41.9. The molecule has 0 saturated heterocycles. The summed E-state index contributed by atoms with van der Waals surface area (Å²) in [4.78, 5) is 16.3. The third-order valence-corrected chi connectivity index (χ3v) is 4.39. The number of halogens is 4. The number of carbonyl (C=O) groups excluding carboxylic acids is 1. The second-order valence-corrected chi connectivity index (χ2v) is 6.48. The molecule has 0 aliphatic rings. The van der Waals surface area contributed by atoms with E-state index in [0.717, 1.165) is 6.07 Å². The molecule has 0 unspecified atom stereocenters. The minimum absolute atomic E-state index is 0.0421. The van der Waals surface area contributed by atoms with Crippen molar-refractivity contribution in [1.29, 1.82) is 0 Å². The molecule has 0 aliphatic carbocycles. The molecule has 1 N–H and O–H groups in total. The van der Waals surface area contributed by atoms with Gasteiger partial charge in [0.15, 0.2) is 0 Å². The Hall–Kier alpha value is -2.80. The minimum Gasteiger partial charge on any atom is -0.322 e. The monoisotopic (exact) mass is 393 g/mol. The van der Waals surface area contributed by atoms with Crippen molar-refractivity contribution >= 4 is 23.2 Å². The largest absolute Gasteiger partial charge is 0.418 e. The van der Waals surface area contributed by atoms with E-state index in [9.17, 15) is 18.0 Å². The van der Waals surface area contributed by atoms with Crippen LogP contribution in [0.2, 0.25) is 5.02 Å². The Bertz CT molecular complexity index is 1010. The van der Waals surface area contributed by atoms with Crippen LogP contribution in [0.4, 0.5) is 18.9 Å². The third kappa shape index (κ3) is 4.14. The van der Waals surface area contributed by atoms with Gasteiger partial charge < -0.3 is 9.88 Å². The summed E-state index contributed by atoms with van der Waals surface area (Å²) in [5.41, 5.74) is 0.707. The number of anilines is 1. The van der Waals surface area contributed by atoms with Crippen molar-refractivity contribution in [2.75, 3.05) is 5.32 Å². The van der Waals surface area contributed by atoms with Crippen LogP contribution in [-0.2, 0) is 6.18 Å². The van der Waals surface area contributed by atoms with Gasteiger partial charge in [-0.25, -0.2) is 4.98 Å². The molecule has 0 aliphatic heterocycles. The molecule has 1 aromatic heterocycles. The number of nitrogens with one attached hydrogen (secondary N) is 1. The maximum absolute atomic E-state index is 13.5. The van der Waals surface area contributed by atoms with Crippen LogP contribution in [-0.4, -0.2) is 15.5 Å². The molecule has 1 amide bonds. The zero-order chi connectivity index (χ0) is 19.8. The lowest BCUT2D eigenvalue weighted by Crippen LogP contribution is -2.15. The van der Waals surface area contributed by atoms with Crippen LogP contribution in [0.1, 0.15) is 27.2 Å². The predicted molar refractivity (Wildman–Crippen MR) is 97.4 cm³/mol. The first kappa shape index (κ1) is 19.0. The van der Waals surface area contributed by atoms with Crippen molar-refractivity contribution < 1.29 is 18.0 Å². The lowest BCUT2D eigenvalue weighted by molar-refractivity contribution is -0.137. The molecule has 4 nitrogen and oxygen atoms in total. The van der Waals surface area contributed by atoms with Crippen molar-refractivity contribution in [1.82, 2.24) is 9.55 Å². The number of nitrogens with zero attached hydrogens (tertiary/aromatic N) is 2. The number of hydrogen-bond donors (Lipinski definition) is 1. The van der Waals surface area contributed by atoms with Crippen molar-refractivity contribution in [3.8, 4) is 5.69 Å². The second-order valence-electron chi connectivity index (χ2n) is 6.07. The number of hydrogen-bond acceptors (Lipinski definition) is 2. The summed E-state index contributed by atoms with van der Waals surface area (Å²) in [6, 6.07) is 8.28. The van der Waals surface area contributed by atoms with Crippen LogP contribution < -0.4 is 5.32 Å². The summed E-state index contributed by atoms with van der Waals surface area (Å²) in [7, 11) is 0. The molecule has 0 fully saturated rings. The summed E-state index contributed by atoms with van der Waals surface area (Å²) >= 11 is 5.93. The van der Waals surface area contributed by atoms with E-state index in [1.165, 1.54) is 35.3 Å². The molecule has 3 rings (SSSR count). The smallest absolute Gasteiger partial charge is 0.322 e. The van der Waals surface area contributed by atoms with Gasteiger partial charge in [0.1, 0.15) is 0 Å². The van der Waals surface area contributed by atoms with E-state index in [2.05, 4.69) is 10.3 Å². The second kappa shape index (κ2) is 7.08. The van der Waals surface area contributed by atoms with Crippen molar-refractivity contribution in [3.63, 3.8) is 0 Å². The van der Waals surface area contributed by atoms with Gasteiger partial charge in [-0.3, -0.25) is 4.79 Å². The fraction of sp³-hybridized carbons (Fsp3) is 0.158. The van der Waals surface area contributed by atoms with Crippen molar-refractivity contribution in [2.24, 2.45) is 0 Å². The number of rotatable bonds is 3. The average Bonchev–Trinajstić information content (AvgIpc) is 3.02. The van der Waals surface area contributed by atoms with Crippen LogP contribution in [0.15, 0.2) is 48.9 Å². The Morgan fingerprint density at radius 3 is 2.48 bits per heavy atom. The Morgan fingerprint density at radius 2 is 1.89 bits per heavy atom. The van der Waals surface area contributed by atoms with E-state index in [0.29, 0.717) is 21.8 Å². The minimum atomic E-state index is -4.59. The van der Waals surface area contributed by atoms with Gasteiger partial charge in [-0.05, 0) is 55.8 Å². The summed E-state index contributed by atoms with van der Waals surface area (Å²) in [5, 5.41) is 3.00. The molecular formula is C19H15ClF3N3O. The third-order valence-electron chi connectivity index (χ3n) is 3.97. The highest BCUT2D eigenvalue weighted by atomic mass is 35.5. The van der Waals surface area contributed by atoms with Crippen LogP contribution in [0, 0.1) is 13.8 Å². The zero-order valence-electron chi connectivity index (χ0n) is 14.4. The molecule has 0 saturated carbocycles. The van der Waals surface area contributed by atoms with Gasteiger partial charge in [0.2, 0.25) is 0 Å². The number of amides is 1. The zero-order valence-corrected chi connectivity index (χ0v) is 15.2. The normalized spacial score (nSPS) is 11.5. The van der Waals surface area contributed by atoms with Gasteiger partial charge in [-0.15, -0.1) is 0 Å². The Morgan fingerprint density at radius 1 is 1.15 bits per heavy atom. The molecule has 27 heavy (non-hydrogen) atoms. The highest BCUT2D eigenvalue weighted by Gasteiger charge is 2.34. The molecule has 1 heterocycles. The van der Waals surface area contributed by atoms with E-state index in [1.54, 1.807) is 26.0 Å². The maximum atomic E-state index is 13.5. The van der Waals surface area contributed by atoms with E-state index in [1.807, 2.05) is 0 Å². The van der Waals surface area contributed by atoms with Gasteiger partial charge in [0.25, 0.3) is 5.91 Å². The summed E-state index contributed by atoms with van der Waals surface area (Å²) in [6.07, 6.45) is -1.78. The Balaban J connectivity index is 1.95. The molecule has 2 aromatic carbocycles. The van der Waals surface area contributed by atoms with Gasteiger partial charge >= 0.3 is 6.18 Å². The molecule has 140 valence electrons. The van der Waals surface area contributed by atoms with Crippen LogP contribution >= 0.6 is 11.6 Å². The van der Waals surface area contributed by atoms with Crippen LogP contribution in [0.5, 0.6) is 0 Å². The van der Waals surface area contributed by atoms with Crippen molar-refractivity contribution in [3.05, 3.63) is 76.3 Å². The molecule has 0 bridgehead atoms. The van der Waals surface area contributed by atoms with E-state index < -0.39 is 17.6 Å². The summed E-state index contributed by atoms with van der Waals surface area (Å²) in [5.74, 6) is -0.519. The highest BCUT2D eigenvalue weighted by Crippen LogP contribution is 2.35. The number of alkyl halides is 3. The van der Waals surface area contributed by atoms with Gasteiger partial charge in [0, 0.05) is 22.5 Å². The molecule has 0 spiro atoms. The van der Waals surface area contributed by atoms with Crippen molar-refractivity contribution in [2.45, 2.75) is 20.0 Å². The van der Waals surface area contributed by atoms with E-state index in [4.69, 9.17) is 11.6 Å². The summed E-state index contributed by atoms with van der Waals surface area (Å²) in [6.45, 7) is 3.43. The van der Waals surface area contributed by atoms with E-state index >= 15 is 0 Å². The number of carbonyl (C=O) groups is 1. The maximum Gasteiger partial charge on any atom is 0.418 e. The molecule has 3 aromatic rings. The first-order valence-corrected chi connectivity index (χ1v) is 8.32. The lowest BCUT2D eigenvalue weighted by Gasteiger charge is -2.15. The molecular weight excluding hydrogens is 379 g/mol. The topological polar surface area (TPSA) is 46.9 Å². The van der Waals surface area contributed by atoms with Gasteiger partial charge in [-0.2, -0.15) is 13.2 Å². The Kier molecular flexibility index (Phi) is 4.97. The highest BCUT2D eigenvalue weighted by molar-refractivity contribution is 6.31. The van der Waals surface area contributed by atoms with Crippen LogP contribution in [0.25, 0.3) is 5.69 Å². The molecule has 0 radical (unpaired) electrons. The number of benzene rings is 2. The quantitative estimate of drug-likeness (QED) is 0.646. The fourth-order valence-corrected chi connectivity index (χ4v) is 2.73. The van der Waals surface area contributed by atoms with Gasteiger partial charge in [0.05, 0.1) is 23.3 Å². The fourth-order valence-electron chi connectivity index (χ4n) is 2.61. The molecule has 8 heteroatoms. The van der Waals surface area contributed by atoms with E-state index in [-0.39, 0.29) is 11.4 Å². The predicted octanol–water partition coefficient (Wildman–Crippen LogP) is 5.41. The lowest BCUT2D eigenvalue weighted by atomic mass is 10.1. The first-order valence-electron chi connectivity index (χ1n) is 7.95. The SMILES string of the molecule is Cc1cn(-c2ccc(NC(=O)c3ccc(Cl)c(C)c3)cc2C(F)(F)F)cn1. The Labute approximate surface area is 158 Å². The molecule has 0 atom stereocenters. The van der Waals surface area contributed by atoms with Crippen LogP contribution in [0.3, 0.4) is 0 Å². The average molecular weight is 394 g/mol. The first-order chi connectivity index (χ1) is 12.6. The number of aryl methyl sites for hydroxylation is 2. The number of imidazole rings is 1. The number of aromatic nitrogens is 2.